The van der Waals surface area contributed by atoms with E-state index < -0.39 is 29.7 Å². The molecule has 2 N–H and O–H groups in total. The number of ether oxygens (including phenoxy) is 1. The fourth-order valence-corrected chi connectivity index (χ4v) is 4.48. The first-order chi connectivity index (χ1) is 19.0. The number of hydrogen-bond acceptors (Lipinski definition) is 5. The number of anilines is 1. The number of amides is 3. The zero-order valence-electron chi connectivity index (χ0n) is 24.3. The monoisotopic (exact) mass is 565 g/mol. The average Bonchev–Trinajstić information content (AvgIpc) is 2.91. The number of carbonyl (C=O) groups excluding carboxylic acids is 3. The van der Waals surface area contributed by atoms with Gasteiger partial charge in [0.1, 0.15) is 17.7 Å². The van der Waals surface area contributed by atoms with Gasteiger partial charge in [-0.15, -0.1) is 6.42 Å². The minimum Gasteiger partial charge on any atom is -0.444 e. The second-order valence-corrected chi connectivity index (χ2v) is 11.2. The number of benzene rings is 2. The largest absolute Gasteiger partial charge is 0.444 e. The Hall–Kier alpha value is -3.44. The maximum absolute atomic E-state index is 14.1. The summed E-state index contributed by atoms with van der Waals surface area (Å²) in [4.78, 5) is 42.1. The van der Waals surface area contributed by atoms with Crippen LogP contribution in [0.5, 0.6) is 0 Å². The van der Waals surface area contributed by atoms with Gasteiger partial charge in [0.15, 0.2) is 0 Å². The highest BCUT2D eigenvalue weighted by Crippen LogP contribution is 2.27. The molecule has 0 aliphatic carbocycles. The predicted molar refractivity (Wildman–Crippen MR) is 164 cm³/mol. The van der Waals surface area contributed by atoms with Crippen LogP contribution >= 0.6 is 12.6 Å². The third kappa shape index (κ3) is 10.3. The summed E-state index contributed by atoms with van der Waals surface area (Å²) in [6.07, 6.45) is 9.67. The molecule has 40 heavy (non-hydrogen) atoms. The molecule has 3 amide bonds. The lowest BCUT2D eigenvalue weighted by Gasteiger charge is -2.34. The van der Waals surface area contributed by atoms with Crippen molar-refractivity contribution in [3.63, 3.8) is 0 Å². The Morgan fingerprint density at radius 1 is 1.02 bits per heavy atom. The molecular weight excluding hydrogens is 522 g/mol. The molecule has 0 fully saturated rings. The number of para-hydroxylation sites is 1. The summed E-state index contributed by atoms with van der Waals surface area (Å²) < 4.78 is 5.38. The van der Waals surface area contributed by atoms with Gasteiger partial charge in [-0.2, -0.15) is 12.6 Å². The maximum atomic E-state index is 14.1. The highest BCUT2D eigenvalue weighted by Gasteiger charge is 2.36. The van der Waals surface area contributed by atoms with Crippen molar-refractivity contribution < 1.29 is 19.1 Å². The zero-order chi connectivity index (χ0) is 29.7. The van der Waals surface area contributed by atoms with Crippen LogP contribution in [0.2, 0.25) is 0 Å². The van der Waals surface area contributed by atoms with E-state index in [0.29, 0.717) is 29.8 Å². The molecule has 0 aliphatic rings. The van der Waals surface area contributed by atoms with E-state index in [9.17, 15) is 14.4 Å². The third-order valence-corrected chi connectivity index (χ3v) is 6.68. The van der Waals surface area contributed by atoms with Crippen molar-refractivity contribution in [3.8, 4) is 12.3 Å². The van der Waals surface area contributed by atoms with Crippen LogP contribution in [0.25, 0.3) is 0 Å². The van der Waals surface area contributed by atoms with Crippen LogP contribution < -0.4 is 10.6 Å². The van der Waals surface area contributed by atoms with Crippen LogP contribution in [0, 0.1) is 19.3 Å². The Kier molecular flexibility index (Phi) is 13.1. The van der Waals surface area contributed by atoms with E-state index in [4.69, 9.17) is 11.2 Å². The predicted octanol–water partition coefficient (Wildman–Crippen LogP) is 6.28. The molecule has 0 radical (unpaired) electrons. The van der Waals surface area contributed by atoms with Crippen LogP contribution in [-0.4, -0.2) is 46.7 Å². The zero-order valence-corrected chi connectivity index (χ0v) is 25.2. The first-order valence-electron chi connectivity index (χ1n) is 13.8. The smallest absolute Gasteiger partial charge is 0.408 e. The standard InChI is InChI=1S/C32H43N3O4S/c1-7-9-10-11-14-21-35(30(37)27(22-40)34-31(38)39-32(4,5)6)28(25-19-17-24(8-2)18-20-25)29(36)33-26-16-13-12-15-23(26)3/h2,12-13,15-20,27-28,40H,7,9-11,14,21-22H2,1,3-6H3,(H,33,36)(H,34,38). The Balaban J connectivity index is 2.49. The lowest BCUT2D eigenvalue weighted by molar-refractivity contribution is -0.140. The Labute approximate surface area is 244 Å². The molecule has 0 aliphatic heterocycles. The van der Waals surface area contributed by atoms with E-state index >= 15 is 0 Å². The lowest BCUT2D eigenvalue weighted by atomic mass is 10.0. The number of nitrogens with one attached hydrogen (secondary N) is 2. The summed E-state index contributed by atoms with van der Waals surface area (Å²) in [6, 6.07) is 12.6. The fraction of sp³-hybridized carbons (Fsp3) is 0.469. The molecule has 0 saturated carbocycles. The van der Waals surface area contributed by atoms with Crippen molar-refractivity contribution >= 4 is 36.2 Å². The first kappa shape index (κ1) is 32.8. The summed E-state index contributed by atoms with van der Waals surface area (Å²) in [5.74, 6) is 1.85. The number of unbranched alkanes of at least 4 members (excludes halogenated alkanes) is 4. The number of alkyl carbamates (subject to hydrolysis) is 1. The van der Waals surface area contributed by atoms with Crippen LogP contribution in [0.15, 0.2) is 48.5 Å². The first-order valence-corrected chi connectivity index (χ1v) is 14.5. The third-order valence-electron chi connectivity index (χ3n) is 6.31. The summed E-state index contributed by atoms with van der Waals surface area (Å²) >= 11 is 4.36. The van der Waals surface area contributed by atoms with E-state index in [1.807, 2.05) is 31.2 Å². The molecule has 0 aromatic heterocycles. The van der Waals surface area contributed by atoms with Crippen molar-refractivity contribution in [2.24, 2.45) is 0 Å². The number of nitrogens with zero attached hydrogens (tertiary/aromatic N) is 1. The van der Waals surface area contributed by atoms with Gasteiger partial charge in [-0.05, 0) is 63.4 Å². The van der Waals surface area contributed by atoms with E-state index in [0.717, 1.165) is 31.2 Å². The van der Waals surface area contributed by atoms with E-state index in [-0.39, 0.29) is 11.7 Å². The van der Waals surface area contributed by atoms with Gasteiger partial charge in [-0.25, -0.2) is 4.79 Å². The van der Waals surface area contributed by atoms with Gasteiger partial charge in [0, 0.05) is 23.5 Å². The van der Waals surface area contributed by atoms with Gasteiger partial charge in [0.25, 0.3) is 5.91 Å². The van der Waals surface area contributed by atoms with E-state index in [2.05, 4.69) is 36.1 Å². The molecule has 2 aromatic carbocycles. The summed E-state index contributed by atoms with van der Waals surface area (Å²) in [5, 5.41) is 5.66. The molecule has 7 nitrogen and oxygen atoms in total. The molecule has 2 atom stereocenters. The molecule has 0 heterocycles. The average molecular weight is 566 g/mol. The Bertz CT molecular complexity index is 1170. The van der Waals surface area contributed by atoms with Gasteiger partial charge in [0.2, 0.25) is 5.91 Å². The molecule has 216 valence electrons. The molecular formula is C32H43N3O4S. The van der Waals surface area contributed by atoms with Crippen molar-refractivity contribution in [1.82, 2.24) is 10.2 Å². The van der Waals surface area contributed by atoms with Gasteiger partial charge >= 0.3 is 6.09 Å². The van der Waals surface area contributed by atoms with E-state index in [1.54, 1.807) is 49.9 Å². The molecule has 2 rings (SSSR count). The number of rotatable bonds is 13. The number of terminal acetylenes is 1. The van der Waals surface area contributed by atoms with Crippen LogP contribution in [0.1, 0.15) is 82.5 Å². The molecule has 0 bridgehead atoms. The van der Waals surface area contributed by atoms with Gasteiger partial charge in [-0.1, -0.05) is 68.9 Å². The normalized spacial score (nSPS) is 12.5. The molecule has 2 unspecified atom stereocenters. The van der Waals surface area contributed by atoms with Gasteiger partial charge in [-0.3, -0.25) is 9.59 Å². The van der Waals surface area contributed by atoms with E-state index in [1.165, 1.54) is 0 Å². The van der Waals surface area contributed by atoms with Gasteiger partial charge in [0.05, 0.1) is 0 Å². The lowest BCUT2D eigenvalue weighted by Crippen LogP contribution is -2.53. The topological polar surface area (TPSA) is 87.7 Å². The van der Waals surface area contributed by atoms with Gasteiger partial charge < -0.3 is 20.3 Å². The SMILES string of the molecule is C#Cc1ccc(C(C(=O)Nc2ccccc2C)N(CCCCCCC)C(=O)C(CS)NC(=O)OC(C)(C)C)cc1. The number of thiol groups is 1. The van der Waals surface area contributed by atoms with Crippen LogP contribution in [-0.2, 0) is 14.3 Å². The minimum absolute atomic E-state index is 0.0343. The second kappa shape index (κ2) is 16.0. The maximum Gasteiger partial charge on any atom is 0.408 e. The molecule has 8 heteroatoms. The molecule has 0 spiro atoms. The van der Waals surface area contributed by atoms with Crippen molar-refractivity contribution in [3.05, 3.63) is 65.2 Å². The highest BCUT2D eigenvalue weighted by atomic mass is 32.1. The van der Waals surface area contributed by atoms with Crippen molar-refractivity contribution in [2.75, 3.05) is 17.6 Å². The second-order valence-electron chi connectivity index (χ2n) is 10.8. The van der Waals surface area contributed by atoms with Crippen LogP contribution in [0.3, 0.4) is 0 Å². The minimum atomic E-state index is -0.993. The number of carbonyl (C=O) groups is 3. The number of hydrogen-bond donors (Lipinski definition) is 3. The van der Waals surface area contributed by atoms with Crippen LogP contribution in [0.4, 0.5) is 10.5 Å². The summed E-state index contributed by atoms with van der Waals surface area (Å²) in [6.45, 7) is 9.62. The Morgan fingerprint density at radius 2 is 1.68 bits per heavy atom. The summed E-state index contributed by atoms with van der Waals surface area (Å²) in [5.41, 5.74) is 2.10. The quantitative estimate of drug-likeness (QED) is 0.152. The fourth-order valence-electron chi connectivity index (χ4n) is 4.24. The Morgan fingerprint density at radius 3 is 2.25 bits per heavy atom. The van der Waals surface area contributed by atoms with Crippen molar-refractivity contribution in [2.45, 2.75) is 84.4 Å². The number of aryl methyl sites for hydroxylation is 1. The molecule has 2 aromatic rings. The summed E-state index contributed by atoms with van der Waals surface area (Å²) in [7, 11) is 0. The highest BCUT2D eigenvalue weighted by molar-refractivity contribution is 7.80. The van der Waals surface area contributed by atoms with Crippen molar-refractivity contribution in [1.29, 1.82) is 0 Å². The molecule has 0 saturated heterocycles.